The molecule has 2 fully saturated rings. The molecule has 2 aromatic carbocycles. The van der Waals surface area contributed by atoms with Gasteiger partial charge in [0.15, 0.2) is 0 Å². The molecule has 16 nitrogen and oxygen atoms in total. The first kappa shape index (κ1) is 53.3. The molecule has 69 heavy (non-hydrogen) atoms. The van der Waals surface area contributed by atoms with E-state index in [0.29, 0.717) is 55.8 Å². The Kier molecular flexibility index (Phi) is 19.4. The molecular formula is C50H59Cl3N12O4. The van der Waals surface area contributed by atoms with Crippen molar-refractivity contribution in [1.29, 1.82) is 0 Å². The van der Waals surface area contributed by atoms with E-state index in [4.69, 9.17) is 33.7 Å². The van der Waals surface area contributed by atoms with Crippen LogP contribution < -0.4 is 32.3 Å². The summed E-state index contributed by atoms with van der Waals surface area (Å²) < 4.78 is 5.25. The smallest absolute Gasteiger partial charge is 0.412 e. The molecule has 0 radical (unpaired) electrons. The number of nitrogens with two attached hydrogens (primary N) is 1. The number of amides is 3. The maximum Gasteiger partial charge on any atom is 0.412 e. The first-order valence-corrected chi connectivity index (χ1v) is 23.0. The highest BCUT2D eigenvalue weighted by atomic mass is 35.5. The topological polar surface area (TPSA) is 224 Å². The Bertz CT molecular complexity index is 2610. The summed E-state index contributed by atoms with van der Waals surface area (Å²) in [6.07, 6.45) is 16.8. The number of nitrogens with zero attached hydrogens (tertiary/aromatic N) is 6. The van der Waals surface area contributed by atoms with Crippen LogP contribution in [0.25, 0.3) is 22.5 Å². The Balaban J connectivity index is 0.000000255. The molecule has 0 saturated heterocycles. The predicted octanol–water partition coefficient (Wildman–Crippen LogP) is 10.7. The SMILES string of the molecule is C.CC(C)(C)OC(=O)Nc1ccc(C(=O)N[C@H]2CCC[C@@H](Nc3ncc(Cl)c(-c4cccnc4)n3)C2)cc1.Cl.Nc1ccc(C(=O)N[C@H]2CCC[C@@H](Nc3ncc(Cl)c(-c4cccnc4)n3)C2)cc1. The molecule has 4 atom stereocenters. The van der Waals surface area contributed by atoms with Gasteiger partial charge in [-0.2, -0.15) is 0 Å². The average Bonchev–Trinajstić information content (AvgIpc) is 3.31. The number of carbonyl (C=O) groups is 3. The predicted molar refractivity (Wildman–Crippen MR) is 276 cm³/mol. The number of pyridine rings is 2. The molecule has 2 aliphatic carbocycles. The van der Waals surface area contributed by atoms with Crippen LogP contribution in [0, 0.1) is 0 Å². The Morgan fingerprint density at radius 3 is 1.49 bits per heavy atom. The molecule has 4 heterocycles. The highest BCUT2D eigenvalue weighted by Crippen LogP contribution is 2.29. The second-order valence-corrected chi connectivity index (χ2v) is 18.3. The van der Waals surface area contributed by atoms with Gasteiger partial charge in [0.2, 0.25) is 11.9 Å². The molecular weight excluding hydrogens is 939 g/mol. The number of nitrogens with one attached hydrogen (secondary N) is 5. The van der Waals surface area contributed by atoms with Crippen LogP contribution in [0.3, 0.4) is 0 Å². The number of nitrogen functional groups attached to an aromatic ring is 1. The van der Waals surface area contributed by atoms with Crippen LogP contribution in [0.4, 0.5) is 28.1 Å². The van der Waals surface area contributed by atoms with E-state index < -0.39 is 11.7 Å². The first-order chi connectivity index (χ1) is 32.2. The van der Waals surface area contributed by atoms with Crippen molar-refractivity contribution in [3.63, 3.8) is 0 Å². The quantitative estimate of drug-likeness (QED) is 0.0666. The van der Waals surface area contributed by atoms with Crippen LogP contribution in [0.1, 0.15) is 100 Å². The first-order valence-electron chi connectivity index (χ1n) is 22.2. The molecule has 7 N–H and O–H groups in total. The number of hydrogen-bond acceptors (Lipinski definition) is 13. The van der Waals surface area contributed by atoms with Gasteiger partial charge in [-0.1, -0.05) is 30.6 Å². The largest absolute Gasteiger partial charge is 0.444 e. The number of halogens is 3. The van der Waals surface area contributed by atoms with Crippen LogP contribution in [0.15, 0.2) is 110 Å². The van der Waals surface area contributed by atoms with Gasteiger partial charge in [-0.3, -0.25) is 24.9 Å². The van der Waals surface area contributed by atoms with Crippen LogP contribution in [-0.4, -0.2) is 77.6 Å². The van der Waals surface area contributed by atoms with Gasteiger partial charge in [0, 0.05) is 82.6 Å². The summed E-state index contributed by atoms with van der Waals surface area (Å²) in [4.78, 5) is 63.4. The van der Waals surface area contributed by atoms with E-state index in [1.54, 1.807) is 106 Å². The second kappa shape index (κ2) is 25.1. The van der Waals surface area contributed by atoms with Crippen LogP contribution >= 0.6 is 35.6 Å². The Morgan fingerprint density at radius 2 is 1.07 bits per heavy atom. The summed E-state index contributed by atoms with van der Waals surface area (Å²) in [6.45, 7) is 5.40. The van der Waals surface area contributed by atoms with Crippen LogP contribution in [-0.2, 0) is 4.74 Å². The lowest BCUT2D eigenvalue weighted by Crippen LogP contribution is -2.42. The summed E-state index contributed by atoms with van der Waals surface area (Å²) in [5.41, 5.74) is 10.4. The third-order valence-corrected chi connectivity index (χ3v) is 11.6. The van der Waals surface area contributed by atoms with E-state index >= 15 is 0 Å². The number of anilines is 4. The van der Waals surface area contributed by atoms with Crippen molar-refractivity contribution in [2.45, 2.75) is 109 Å². The number of carbonyl (C=O) groups excluding carboxylic acids is 3. The van der Waals surface area contributed by atoms with E-state index in [-0.39, 0.29) is 55.8 Å². The zero-order valence-corrected chi connectivity index (χ0v) is 40.2. The van der Waals surface area contributed by atoms with Crippen molar-refractivity contribution >= 4 is 76.8 Å². The van der Waals surface area contributed by atoms with Crippen molar-refractivity contribution < 1.29 is 19.1 Å². The molecule has 364 valence electrons. The summed E-state index contributed by atoms with van der Waals surface area (Å²) in [6, 6.07) is 21.6. The van der Waals surface area contributed by atoms with E-state index in [1.165, 1.54) is 0 Å². The highest BCUT2D eigenvalue weighted by Gasteiger charge is 2.26. The Labute approximate surface area is 419 Å². The van der Waals surface area contributed by atoms with Crippen molar-refractivity contribution in [1.82, 2.24) is 40.5 Å². The van der Waals surface area contributed by atoms with Gasteiger partial charge >= 0.3 is 6.09 Å². The number of benzene rings is 2. The summed E-state index contributed by atoms with van der Waals surface area (Å²) in [5.74, 6) is 0.778. The van der Waals surface area contributed by atoms with E-state index in [0.717, 1.165) is 62.5 Å². The minimum Gasteiger partial charge on any atom is -0.444 e. The lowest BCUT2D eigenvalue weighted by atomic mass is 9.91. The van der Waals surface area contributed by atoms with Gasteiger partial charge in [-0.15, -0.1) is 12.4 Å². The van der Waals surface area contributed by atoms with Gasteiger partial charge in [0.25, 0.3) is 11.8 Å². The van der Waals surface area contributed by atoms with E-state index in [1.807, 2.05) is 24.3 Å². The van der Waals surface area contributed by atoms with Crippen molar-refractivity contribution in [2.75, 3.05) is 21.7 Å². The molecule has 0 aliphatic heterocycles. The molecule has 0 bridgehead atoms. The molecule has 3 amide bonds. The third kappa shape index (κ3) is 16.0. The Hall–Kier alpha value is -6.62. The van der Waals surface area contributed by atoms with Gasteiger partial charge in [-0.05, 0) is 145 Å². The number of hydrogen-bond donors (Lipinski definition) is 6. The highest BCUT2D eigenvalue weighted by molar-refractivity contribution is 6.33. The normalized spacial score (nSPS) is 17.5. The molecule has 0 unspecified atom stereocenters. The fraction of sp³-hybridized carbons (Fsp3) is 0.340. The standard InChI is InChI=1S/C27H31ClN6O3.C22H23ClN6O.CH4.ClH/c1-27(2,3)37-26(36)33-19-11-9-17(10-12-19)24(35)31-20-7-4-8-21(14-20)32-25-30-16-22(28)23(34-25)18-6-5-13-29-15-18;23-19-13-26-22(29-20(19)15-3-2-10-25-12-15)28-18-5-1-4-17(11-18)27-21(30)14-6-8-16(24)9-7-14;;/h5-6,9-13,15-16,20-21H,4,7-8,14H2,1-3H3,(H,31,35)(H,33,36)(H,30,32,34);2-3,6-10,12-13,17-18H,1,4-5,11,24H2,(H,27,30)(H,26,28,29);1H4;1H/t20-,21+;17-,18+;;/m00../s1. The van der Waals surface area contributed by atoms with Crippen molar-refractivity contribution in [2.24, 2.45) is 0 Å². The van der Waals surface area contributed by atoms with E-state index in [9.17, 15) is 14.4 Å². The molecule has 0 spiro atoms. The second-order valence-electron chi connectivity index (χ2n) is 17.4. The summed E-state index contributed by atoms with van der Waals surface area (Å²) >= 11 is 12.6. The maximum atomic E-state index is 12.8. The molecule has 8 rings (SSSR count). The minimum absolute atomic E-state index is 0. The zero-order valence-electron chi connectivity index (χ0n) is 37.9. The van der Waals surface area contributed by atoms with Crippen LogP contribution in [0.2, 0.25) is 10.0 Å². The van der Waals surface area contributed by atoms with Gasteiger partial charge in [0.1, 0.15) is 5.60 Å². The number of rotatable bonds is 11. The Morgan fingerprint density at radius 1 is 0.638 bits per heavy atom. The van der Waals surface area contributed by atoms with Crippen molar-refractivity contribution in [3.8, 4) is 22.5 Å². The fourth-order valence-corrected chi connectivity index (χ4v) is 8.25. The lowest BCUT2D eigenvalue weighted by molar-refractivity contribution is 0.0635. The van der Waals surface area contributed by atoms with Gasteiger partial charge < -0.3 is 31.7 Å². The minimum atomic E-state index is -0.585. The number of aromatic nitrogens is 6. The fourth-order valence-electron chi connectivity index (χ4n) is 7.85. The van der Waals surface area contributed by atoms with E-state index in [2.05, 4.69) is 56.5 Å². The summed E-state index contributed by atoms with van der Waals surface area (Å²) in [7, 11) is 0. The third-order valence-electron chi connectivity index (χ3n) is 11.0. The molecule has 19 heteroatoms. The monoisotopic (exact) mass is 996 g/mol. The average molecular weight is 998 g/mol. The molecule has 2 aliphatic rings. The van der Waals surface area contributed by atoms with Gasteiger partial charge in [0.05, 0.1) is 33.8 Å². The lowest BCUT2D eigenvalue weighted by Gasteiger charge is -2.30. The summed E-state index contributed by atoms with van der Waals surface area (Å²) in [5, 5.41) is 16.7. The van der Waals surface area contributed by atoms with Gasteiger partial charge in [-0.25, -0.2) is 24.7 Å². The molecule has 4 aromatic heterocycles. The van der Waals surface area contributed by atoms with Crippen LogP contribution in [0.5, 0.6) is 0 Å². The molecule has 6 aromatic rings. The van der Waals surface area contributed by atoms with Crippen molar-refractivity contribution in [3.05, 3.63) is 131 Å². The number of ether oxygens (including phenoxy) is 1. The molecule has 2 saturated carbocycles. The maximum absolute atomic E-state index is 12.8. The zero-order chi connectivity index (χ0) is 47.3.